The molecule has 2 unspecified atom stereocenters. The van der Waals surface area contributed by atoms with Crippen molar-refractivity contribution in [3.63, 3.8) is 0 Å². The molecule has 1 fully saturated rings. The number of carbonyl (C=O) groups is 2. The molecule has 5 heteroatoms. The van der Waals surface area contributed by atoms with E-state index >= 15 is 0 Å². The summed E-state index contributed by atoms with van der Waals surface area (Å²) in [6.45, 7) is 9.96. The lowest BCUT2D eigenvalue weighted by molar-refractivity contribution is -0.152. The quantitative estimate of drug-likeness (QED) is 0.0536. The minimum Gasteiger partial charge on any atom is -0.466 e. The highest BCUT2D eigenvalue weighted by molar-refractivity contribution is 5.72. The highest BCUT2D eigenvalue weighted by Crippen LogP contribution is 2.23. The van der Waals surface area contributed by atoms with E-state index in [2.05, 4.69) is 32.7 Å². The maximum absolute atomic E-state index is 12.8. The molecular weight excluding hydrogens is 570 g/mol. The van der Waals surface area contributed by atoms with Crippen molar-refractivity contribution < 1.29 is 19.1 Å². The van der Waals surface area contributed by atoms with Crippen molar-refractivity contribution in [3.05, 3.63) is 0 Å². The third-order valence-electron chi connectivity index (χ3n) is 10.3. The zero-order chi connectivity index (χ0) is 33.5. The van der Waals surface area contributed by atoms with Crippen LogP contribution in [0.5, 0.6) is 0 Å². The smallest absolute Gasteiger partial charge is 0.310 e. The first-order valence-electron chi connectivity index (χ1n) is 20.5. The van der Waals surface area contributed by atoms with Gasteiger partial charge in [-0.25, -0.2) is 0 Å². The predicted molar refractivity (Wildman–Crippen MR) is 196 cm³/mol. The molecule has 1 saturated heterocycles. The maximum atomic E-state index is 12.8. The SMILES string of the molecule is CCCCCCCCCCC(CCCCCCCCC(=O)OCCC(CCCCC)CCCCC)COC(=O)C1CCCN(C)C1. The van der Waals surface area contributed by atoms with Crippen LogP contribution in [0.3, 0.4) is 0 Å². The van der Waals surface area contributed by atoms with Crippen LogP contribution >= 0.6 is 0 Å². The van der Waals surface area contributed by atoms with Crippen molar-refractivity contribution >= 4 is 11.9 Å². The molecule has 0 saturated carbocycles. The Morgan fingerprint density at radius 3 is 1.65 bits per heavy atom. The Hall–Kier alpha value is -1.10. The van der Waals surface area contributed by atoms with E-state index in [4.69, 9.17) is 9.47 Å². The summed E-state index contributed by atoms with van der Waals surface area (Å²) in [5.41, 5.74) is 0. The van der Waals surface area contributed by atoms with Crippen LogP contribution in [0.1, 0.15) is 201 Å². The average Bonchev–Trinajstić information content (AvgIpc) is 3.05. The first-order valence-corrected chi connectivity index (χ1v) is 20.5. The average molecular weight is 650 g/mol. The molecule has 0 spiro atoms. The van der Waals surface area contributed by atoms with Gasteiger partial charge in [-0.3, -0.25) is 9.59 Å². The largest absolute Gasteiger partial charge is 0.466 e. The second-order valence-corrected chi connectivity index (χ2v) is 14.9. The van der Waals surface area contributed by atoms with Gasteiger partial charge in [-0.2, -0.15) is 0 Å². The second kappa shape index (κ2) is 31.2. The Morgan fingerprint density at radius 2 is 1.09 bits per heavy atom. The van der Waals surface area contributed by atoms with Crippen molar-refractivity contribution in [1.29, 1.82) is 0 Å². The molecular formula is C41H79NO4. The zero-order valence-electron chi connectivity index (χ0n) is 31.4. The molecule has 0 aromatic rings. The number of carbonyl (C=O) groups excluding carboxylic acids is 2. The Labute approximate surface area is 287 Å². The Kier molecular flexibility index (Phi) is 29.1. The van der Waals surface area contributed by atoms with Crippen molar-refractivity contribution in [1.82, 2.24) is 4.90 Å². The highest BCUT2D eigenvalue weighted by Gasteiger charge is 2.26. The summed E-state index contributed by atoms with van der Waals surface area (Å²) >= 11 is 0. The van der Waals surface area contributed by atoms with Crippen LogP contribution in [0.25, 0.3) is 0 Å². The number of unbranched alkanes of at least 4 members (excludes halogenated alkanes) is 16. The van der Waals surface area contributed by atoms with Gasteiger partial charge in [-0.1, -0.05) is 156 Å². The van der Waals surface area contributed by atoms with Crippen molar-refractivity contribution in [3.8, 4) is 0 Å². The van der Waals surface area contributed by atoms with Crippen LogP contribution in [-0.4, -0.2) is 50.2 Å². The Bertz CT molecular complexity index is 688. The highest BCUT2D eigenvalue weighted by atomic mass is 16.5. The normalized spacial score (nSPS) is 16.2. The molecule has 5 nitrogen and oxygen atoms in total. The summed E-state index contributed by atoms with van der Waals surface area (Å²) in [4.78, 5) is 27.3. The molecule has 0 aliphatic carbocycles. The van der Waals surface area contributed by atoms with Gasteiger partial charge in [0.2, 0.25) is 0 Å². The third kappa shape index (κ3) is 25.0. The van der Waals surface area contributed by atoms with Crippen molar-refractivity contribution in [2.24, 2.45) is 17.8 Å². The van der Waals surface area contributed by atoms with Gasteiger partial charge in [0.1, 0.15) is 0 Å². The lowest BCUT2D eigenvalue weighted by Gasteiger charge is -2.28. The van der Waals surface area contributed by atoms with Gasteiger partial charge in [0, 0.05) is 13.0 Å². The van der Waals surface area contributed by atoms with Crippen LogP contribution in [0.2, 0.25) is 0 Å². The standard InChI is InChI=1S/C41H79NO4/c1-5-8-11-12-13-14-17-22-28-38(36-46-41(44)39-30-25-33-42(4)35-39)29-23-18-15-16-19-24-31-40(43)45-34-32-37(26-20-9-6-2)27-21-10-7-3/h37-39H,5-36H2,1-4H3. The molecule has 1 heterocycles. The fourth-order valence-corrected chi connectivity index (χ4v) is 7.17. The number of likely N-dealkylation sites (tertiary alicyclic amines) is 1. The van der Waals surface area contributed by atoms with Gasteiger partial charge in [0.25, 0.3) is 0 Å². The first-order chi connectivity index (χ1) is 22.5. The number of esters is 2. The van der Waals surface area contributed by atoms with Crippen LogP contribution < -0.4 is 0 Å². The number of ether oxygens (including phenoxy) is 2. The molecule has 1 aliphatic rings. The molecule has 0 amide bonds. The van der Waals surface area contributed by atoms with E-state index in [0.717, 1.165) is 51.1 Å². The van der Waals surface area contributed by atoms with E-state index < -0.39 is 0 Å². The number of rotatable bonds is 32. The summed E-state index contributed by atoms with van der Waals surface area (Å²) in [7, 11) is 2.11. The molecule has 1 aliphatic heterocycles. The second-order valence-electron chi connectivity index (χ2n) is 14.9. The van der Waals surface area contributed by atoms with Crippen LogP contribution in [0, 0.1) is 17.8 Å². The topological polar surface area (TPSA) is 55.8 Å². The van der Waals surface area contributed by atoms with Gasteiger partial charge in [-0.05, 0) is 64.0 Å². The van der Waals surface area contributed by atoms with E-state index in [1.54, 1.807) is 0 Å². The van der Waals surface area contributed by atoms with Gasteiger partial charge in [0.05, 0.1) is 19.1 Å². The van der Waals surface area contributed by atoms with E-state index in [1.807, 2.05) is 0 Å². The van der Waals surface area contributed by atoms with Crippen LogP contribution in [-0.2, 0) is 19.1 Å². The Morgan fingerprint density at radius 1 is 0.609 bits per heavy atom. The van der Waals surface area contributed by atoms with Gasteiger partial charge < -0.3 is 14.4 Å². The molecule has 0 aromatic heterocycles. The van der Waals surface area contributed by atoms with Gasteiger partial charge in [0.15, 0.2) is 0 Å². The summed E-state index contributed by atoms with van der Waals surface area (Å²) in [6.07, 6.45) is 34.1. The summed E-state index contributed by atoms with van der Waals surface area (Å²) in [5.74, 6) is 1.31. The van der Waals surface area contributed by atoms with Crippen molar-refractivity contribution in [2.75, 3.05) is 33.4 Å². The van der Waals surface area contributed by atoms with E-state index in [0.29, 0.717) is 25.6 Å². The minimum atomic E-state index is -0.000846. The lowest BCUT2D eigenvalue weighted by Crippen LogP contribution is -2.37. The van der Waals surface area contributed by atoms with E-state index in [1.165, 1.54) is 141 Å². The van der Waals surface area contributed by atoms with E-state index in [-0.39, 0.29) is 17.9 Å². The van der Waals surface area contributed by atoms with Crippen molar-refractivity contribution in [2.45, 2.75) is 201 Å². The number of hydrogen-bond donors (Lipinski definition) is 0. The maximum Gasteiger partial charge on any atom is 0.310 e. The van der Waals surface area contributed by atoms with Crippen LogP contribution in [0.15, 0.2) is 0 Å². The van der Waals surface area contributed by atoms with Crippen LogP contribution in [0.4, 0.5) is 0 Å². The lowest BCUT2D eigenvalue weighted by atomic mass is 9.92. The number of nitrogens with zero attached hydrogens (tertiary/aromatic N) is 1. The summed E-state index contributed by atoms with van der Waals surface area (Å²) in [6, 6.07) is 0. The zero-order valence-corrected chi connectivity index (χ0v) is 31.4. The van der Waals surface area contributed by atoms with E-state index in [9.17, 15) is 9.59 Å². The third-order valence-corrected chi connectivity index (χ3v) is 10.3. The number of piperidine rings is 1. The summed E-state index contributed by atoms with van der Waals surface area (Å²) < 4.78 is 11.6. The fraction of sp³-hybridized carbons (Fsp3) is 0.951. The molecule has 0 aromatic carbocycles. The molecule has 0 N–H and O–H groups in total. The molecule has 0 bridgehead atoms. The van der Waals surface area contributed by atoms with Gasteiger partial charge in [-0.15, -0.1) is 0 Å². The predicted octanol–water partition coefficient (Wildman–Crippen LogP) is 11.8. The molecule has 46 heavy (non-hydrogen) atoms. The summed E-state index contributed by atoms with van der Waals surface area (Å²) in [5, 5.41) is 0. The Balaban J connectivity index is 2.22. The number of hydrogen-bond acceptors (Lipinski definition) is 5. The van der Waals surface area contributed by atoms with Gasteiger partial charge >= 0.3 is 11.9 Å². The first kappa shape index (κ1) is 42.9. The molecule has 272 valence electrons. The molecule has 1 rings (SSSR count). The monoisotopic (exact) mass is 650 g/mol. The molecule has 2 atom stereocenters. The minimum absolute atomic E-state index is 0.000846. The fourth-order valence-electron chi connectivity index (χ4n) is 7.17. The molecule has 0 radical (unpaired) electrons.